The molecule has 0 saturated carbocycles. The molecule has 0 radical (unpaired) electrons. The molecule has 2 aliphatic rings. The summed E-state index contributed by atoms with van der Waals surface area (Å²) in [6, 6.07) is 12.5. The van der Waals surface area contributed by atoms with Crippen LogP contribution in [0.2, 0.25) is 0 Å². The zero-order valence-corrected chi connectivity index (χ0v) is 29.6. The lowest BCUT2D eigenvalue weighted by atomic mass is 9.83. The summed E-state index contributed by atoms with van der Waals surface area (Å²) in [6.07, 6.45) is -5.10. The number of nitrogens with zero attached hydrogens (tertiary/aromatic N) is 4. The van der Waals surface area contributed by atoms with Gasteiger partial charge in [0.25, 0.3) is 0 Å². The molecule has 2 aromatic carbocycles. The molecule has 3 heterocycles. The maximum Gasteiger partial charge on any atom is 0.303 e. The molecule has 1 saturated heterocycles. The van der Waals surface area contributed by atoms with E-state index in [1.807, 2.05) is 6.07 Å². The normalized spacial score (nSPS) is 21.9. The van der Waals surface area contributed by atoms with Crippen LogP contribution in [0.5, 0.6) is 23.0 Å². The first-order valence-corrected chi connectivity index (χ1v) is 16.1. The van der Waals surface area contributed by atoms with E-state index in [0.717, 1.165) is 26.3 Å². The molecule has 0 aliphatic carbocycles. The predicted octanol–water partition coefficient (Wildman–Crippen LogP) is 2.35. The minimum atomic E-state index is -1.38. The van der Waals surface area contributed by atoms with Crippen molar-refractivity contribution in [3.8, 4) is 29.1 Å². The zero-order valence-electron chi connectivity index (χ0n) is 29.6. The minimum absolute atomic E-state index is 0.0651. The second-order valence-corrected chi connectivity index (χ2v) is 11.8. The second-order valence-electron chi connectivity index (χ2n) is 11.8. The standard InChI is InChI=1S/C35H37N5O13/c1-17(41)47-16-29-31(49-18(2)42)32(50-19(3)43)33(51-20(4)44)35(53-29)40-14-22(38-39-40)15-48-23-8-9-24-27(12-23)52-34(37)25(13-36)30(24)21-7-10-26(45-5)28(11-21)46-6/h7-12,14,29-33,35H,15-16,37H2,1-6H3/t29-,30?,31-,32+,33-,35-/m1/s1. The SMILES string of the molecule is COc1ccc(C2C(C#N)=C(N)Oc3cc(OCc4cn([C@@H]5O[C@H](COC(C)=O)[C@@H](OC(C)=O)[C@H](OC(C)=O)[C@H]5OC(C)=O)nn4)ccc32)cc1OC. The van der Waals surface area contributed by atoms with Gasteiger partial charge in [-0.3, -0.25) is 19.2 Å². The lowest BCUT2D eigenvalue weighted by Crippen LogP contribution is -2.60. The average molecular weight is 736 g/mol. The monoisotopic (exact) mass is 735 g/mol. The van der Waals surface area contributed by atoms with Gasteiger partial charge in [0.15, 0.2) is 36.0 Å². The Morgan fingerprint density at radius 3 is 2.21 bits per heavy atom. The number of hydrogen-bond acceptors (Lipinski definition) is 17. The molecule has 5 rings (SSSR count). The number of allylic oxidation sites excluding steroid dienone is 1. The summed E-state index contributed by atoms with van der Waals surface area (Å²) in [5, 5.41) is 18.2. The Morgan fingerprint density at radius 1 is 0.887 bits per heavy atom. The van der Waals surface area contributed by atoms with Crippen LogP contribution in [0.25, 0.3) is 0 Å². The highest BCUT2D eigenvalue weighted by molar-refractivity contribution is 5.69. The van der Waals surface area contributed by atoms with Crippen LogP contribution in [-0.4, -0.2) is 84.1 Å². The molecule has 53 heavy (non-hydrogen) atoms. The van der Waals surface area contributed by atoms with E-state index in [2.05, 4.69) is 16.4 Å². The molecule has 6 atom stereocenters. The summed E-state index contributed by atoms with van der Waals surface area (Å²) in [6.45, 7) is 4.06. The van der Waals surface area contributed by atoms with E-state index in [4.69, 9.17) is 48.4 Å². The summed E-state index contributed by atoms with van der Waals surface area (Å²) < 4.78 is 51.6. The largest absolute Gasteiger partial charge is 0.493 e. The fourth-order valence-corrected chi connectivity index (χ4v) is 5.98. The molecule has 1 aromatic heterocycles. The molecular weight excluding hydrogens is 698 g/mol. The van der Waals surface area contributed by atoms with E-state index in [0.29, 0.717) is 34.3 Å². The van der Waals surface area contributed by atoms with Crippen molar-refractivity contribution in [3.05, 3.63) is 70.9 Å². The minimum Gasteiger partial charge on any atom is -0.493 e. The lowest BCUT2D eigenvalue weighted by Gasteiger charge is -2.44. The van der Waals surface area contributed by atoms with E-state index >= 15 is 0 Å². The van der Waals surface area contributed by atoms with Crippen molar-refractivity contribution in [1.29, 1.82) is 5.26 Å². The Balaban J connectivity index is 1.40. The number of nitrogens with two attached hydrogens (primary N) is 1. The second kappa shape index (κ2) is 16.3. The molecule has 2 aliphatic heterocycles. The van der Waals surface area contributed by atoms with Crippen LogP contribution in [0.3, 0.4) is 0 Å². The van der Waals surface area contributed by atoms with E-state index in [1.54, 1.807) is 30.3 Å². The van der Waals surface area contributed by atoms with Crippen molar-refractivity contribution in [3.63, 3.8) is 0 Å². The Morgan fingerprint density at radius 2 is 1.57 bits per heavy atom. The number of fused-ring (bicyclic) bond motifs is 1. The molecule has 0 amide bonds. The fraction of sp³-hybridized carbons (Fsp3) is 0.400. The van der Waals surface area contributed by atoms with E-state index < -0.39 is 67.0 Å². The smallest absolute Gasteiger partial charge is 0.303 e. The summed E-state index contributed by atoms with van der Waals surface area (Å²) in [7, 11) is 3.04. The van der Waals surface area contributed by atoms with Crippen LogP contribution in [-0.2, 0) is 49.5 Å². The molecule has 1 unspecified atom stereocenters. The number of methoxy groups -OCH3 is 2. The molecule has 280 valence electrons. The lowest BCUT2D eigenvalue weighted by molar-refractivity contribution is -0.270. The molecule has 18 nitrogen and oxygen atoms in total. The van der Waals surface area contributed by atoms with Crippen LogP contribution >= 0.6 is 0 Å². The molecule has 0 spiro atoms. The first-order chi connectivity index (χ1) is 25.3. The number of carbonyl (C=O) groups excluding carboxylic acids is 4. The number of nitriles is 1. The number of hydrogen-bond donors (Lipinski definition) is 1. The number of aromatic nitrogens is 3. The van der Waals surface area contributed by atoms with Gasteiger partial charge in [-0.15, -0.1) is 5.10 Å². The predicted molar refractivity (Wildman–Crippen MR) is 177 cm³/mol. The number of esters is 4. The van der Waals surface area contributed by atoms with Gasteiger partial charge in [-0.25, -0.2) is 4.68 Å². The van der Waals surface area contributed by atoms with Gasteiger partial charge in [0.05, 0.1) is 26.3 Å². The number of carbonyl (C=O) groups is 4. The van der Waals surface area contributed by atoms with Crippen LogP contribution in [0.1, 0.15) is 56.7 Å². The van der Waals surface area contributed by atoms with Gasteiger partial charge in [-0.1, -0.05) is 17.3 Å². The number of rotatable bonds is 12. The maximum absolute atomic E-state index is 12.2. The zero-order chi connectivity index (χ0) is 38.4. The first-order valence-electron chi connectivity index (χ1n) is 16.1. The third kappa shape index (κ3) is 8.59. The Labute approximate surface area is 303 Å². The van der Waals surface area contributed by atoms with Crippen molar-refractivity contribution in [2.75, 3.05) is 20.8 Å². The summed E-state index contributed by atoms with van der Waals surface area (Å²) in [5.41, 5.74) is 8.09. The van der Waals surface area contributed by atoms with Gasteiger partial charge in [0, 0.05) is 39.3 Å². The van der Waals surface area contributed by atoms with Crippen LogP contribution in [0.15, 0.2) is 54.1 Å². The summed E-state index contributed by atoms with van der Waals surface area (Å²) in [4.78, 5) is 48.1. The van der Waals surface area contributed by atoms with Crippen LogP contribution in [0.4, 0.5) is 0 Å². The molecule has 18 heteroatoms. The highest BCUT2D eigenvalue weighted by Gasteiger charge is 2.53. The summed E-state index contributed by atoms with van der Waals surface area (Å²) >= 11 is 0. The van der Waals surface area contributed by atoms with Crippen molar-refractivity contribution in [2.45, 2.75) is 70.9 Å². The molecule has 0 bridgehead atoms. The van der Waals surface area contributed by atoms with Crippen molar-refractivity contribution >= 4 is 23.9 Å². The summed E-state index contributed by atoms with van der Waals surface area (Å²) in [5.74, 6) is -1.84. The van der Waals surface area contributed by atoms with Gasteiger partial charge in [0.1, 0.15) is 48.2 Å². The van der Waals surface area contributed by atoms with Gasteiger partial charge in [-0.05, 0) is 23.8 Å². The highest BCUT2D eigenvalue weighted by Crippen LogP contribution is 2.45. The third-order valence-electron chi connectivity index (χ3n) is 8.10. The van der Waals surface area contributed by atoms with Crippen molar-refractivity contribution in [2.24, 2.45) is 5.73 Å². The van der Waals surface area contributed by atoms with E-state index in [-0.39, 0.29) is 18.1 Å². The van der Waals surface area contributed by atoms with Crippen molar-refractivity contribution in [1.82, 2.24) is 15.0 Å². The topological polar surface area (TPSA) is 232 Å². The Kier molecular flexibility index (Phi) is 11.7. The third-order valence-corrected chi connectivity index (χ3v) is 8.10. The van der Waals surface area contributed by atoms with Gasteiger partial charge in [0.2, 0.25) is 5.88 Å². The van der Waals surface area contributed by atoms with Gasteiger partial charge in [-0.2, -0.15) is 5.26 Å². The van der Waals surface area contributed by atoms with Crippen molar-refractivity contribution < 1.29 is 61.8 Å². The number of ether oxygens (including phenoxy) is 9. The highest BCUT2D eigenvalue weighted by atomic mass is 16.7. The first kappa shape index (κ1) is 37.9. The number of benzene rings is 2. The Bertz CT molecular complexity index is 1950. The fourth-order valence-electron chi connectivity index (χ4n) is 5.98. The molecule has 2 N–H and O–H groups in total. The maximum atomic E-state index is 12.2. The average Bonchev–Trinajstić information content (AvgIpc) is 3.58. The molecule has 3 aromatic rings. The van der Waals surface area contributed by atoms with E-state index in [1.165, 1.54) is 32.0 Å². The molecular formula is C35H37N5O13. The Hall–Kier alpha value is -6.35. The van der Waals surface area contributed by atoms with Gasteiger partial charge >= 0.3 is 23.9 Å². The molecule has 1 fully saturated rings. The van der Waals surface area contributed by atoms with E-state index in [9.17, 15) is 24.4 Å². The van der Waals surface area contributed by atoms with Crippen LogP contribution < -0.4 is 24.7 Å². The van der Waals surface area contributed by atoms with Crippen LogP contribution in [0, 0.1) is 11.3 Å². The quantitative estimate of drug-likeness (QED) is 0.208. The van der Waals surface area contributed by atoms with Gasteiger partial charge < -0.3 is 48.4 Å².